The van der Waals surface area contributed by atoms with Gasteiger partial charge < -0.3 is 20.0 Å². The predicted molar refractivity (Wildman–Crippen MR) is 96.4 cm³/mol. The number of likely N-dealkylation sites (N-methyl/N-ethyl adjacent to an activating group) is 3. The minimum Gasteiger partial charge on any atom is -0.353 e. The van der Waals surface area contributed by atoms with Crippen LogP contribution in [0.2, 0.25) is 0 Å². The van der Waals surface area contributed by atoms with E-state index >= 15 is 0 Å². The van der Waals surface area contributed by atoms with Gasteiger partial charge in [-0.05, 0) is 14.1 Å². The minimum absolute atomic E-state index is 0.109. The fraction of sp³-hybridized carbons (Fsp3) is 0.882. The summed E-state index contributed by atoms with van der Waals surface area (Å²) in [5, 5.41) is 2.89. The molecule has 2 unspecified atom stereocenters. The van der Waals surface area contributed by atoms with Crippen molar-refractivity contribution in [3.05, 3.63) is 0 Å². The van der Waals surface area contributed by atoms with E-state index in [-0.39, 0.29) is 23.9 Å². The van der Waals surface area contributed by atoms with Crippen LogP contribution in [-0.2, 0) is 9.59 Å². The van der Waals surface area contributed by atoms with Gasteiger partial charge in [0.1, 0.15) is 12.1 Å². The molecule has 1 N–H and O–H groups in total. The Bertz CT molecular complexity index is 500. The molecule has 4 aliphatic heterocycles. The molecular formula is C17H32N6O2. The second kappa shape index (κ2) is 7.99. The topological polar surface area (TPSA) is 62.4 Å². The highest BCUT2D eigenvalue weighted by Crippen LogP contribution is 2.14. The fourth-order valence-electron chi connectivity index (χ4n) is 4.02. The number of nitrogens with zero attached hydrogens (tertiary/aromatic N) is 5. The minimum atomic E-state index is 0.109. The van der Waals surface area contributed by atoms with Crippen molar-refractivity contribution in [2.75, 3.05) is 86.6 Å². The van der Waals surface area contributed by atoms with Crippen LogP contribution in [0.5, 0.6) is 0 Å². The molecule has 4 saturated heterocycles. The van der Waals surface area contributed by atoms with Crippen molar-refractivity contribution >= 4 is 11.8 Å². The number of hydrogen-bond acceptors (Lipinski definition) is 6. The maximum atomic E-state index is 11.8. The molecule has 0 saturated carbocycles. The van der Waals surface area contributed by atoms with Crippen molar-refractivity contribution < 1.29 is 9.59 Å². The van der Waals surface area contributed by atoms with Crippen molar-refractivity contribution in [3.63, 3.8) is 0 Å². The second-order valence-corrected chi connectivity index (χ2v) is 7.68. The van der Waals surface area contributed by atoms with E-state index in [1.54, 1.807) is 0 Å². The maximum Gasteiger partial charge on any atom is 0.241 e. The first kappa shape index (κ1) is 18.6. The molecule has 142 valence electrons. The van der Waals surface area contributed by atoms with E-state index in [1.807, 2.05) is 11.9 Å². The molecule has 25 heavy (non-hydrogen) atoms. The van der Waals surface area contributed by atoms with Gasteiger partial charge in [-0.3, -0.25) is 19.4 Å². The normalized spacial score (nSPS) is 32.4. The number of carbonyl (C=O) groups excluding carboxylic acids is 2. The largest absolute Gasteiger partial charge is 0.353 e. The molecule has 0 aromatic rings. The highest BCUT2D eigenvalue weighted by molar-refractivity contribution is 5.83. The molecular weight excluding hydrogens is 320 g/mol. The lowest BCUT2D eigenvalue weighted by atomic mass is 10.1. The molecule has 0 bridgehead atoms. The Balaban J connectivity index is 0.000000146. The third-order valence-electron chi connectivity index (χ3n) is 5.77. The van der Waals surface area contributed by atoms with Crippen LogP contribution in [-0.4, -0.2) is 135 Å². The maximum absolute atomic E-state index is 11.8. The highest BCUT2D eigenvalue weighted by Gasteiger charge is 2.36. The second-order valence-electron chi connectivity index (χ2n) is 7.68. The molecule has 4 aliphatic rings. The molecule has 8 heteroatoms. The van der Waals surface area contributed by atoms with Crippen LogP contribution < -0.4 is 5.32 Å². The van der Waals surface area contributed by atoms with Crippen LogP contribution in [0.4, 0.5) is 0 Å². The van der Waals surface area contributed by atoms with Gasteiger partial charge in [0.05, 0.1) is 0 Å². The number of piperazine rings is 4. The lowest BCUT2D eigenvalue weighted by Gasteiger charge is -2.44. The molecule has 4 fully saturated rings. The lowest BCUT2D eigenvalue weighted by Crippen LogP contribution is -2.63. The van der Waals surface area contributed by atoms with E-state index in [9.17, 15) is 9.59 Å². The number of fused-ring (bicyclic) bond motifs is 2. The summed E-state index contributed by atoms with van der Waals surface area (Å²) < 4.78 is 0. The average Bonchev–Trinajstić information content (AvgIpc) is 2.60. The van der Waals surface area contributed by atoms with Crippen LogP contribution in [0.3, 0.4) is 0 Å². The number of rotatable bonds is 0. The summed E-state index contributed by atoms with van der Waals surface area (Å²) in [4.78, 5) is 34.0. The zero-order valence-corrected chi connectivity index (χ0v) is 15.8. The Hall–Kier alpha value is -1.22. The highest BCUT2D eigenvalue weighted by atomic mass is 16.2. The Morgan fingerprint density at radius 2 is 1.32 bits per heavy atom. The van der Waals surface area contributed by atoms with Gasteiger partial charge in [0, 0.05) is 72.5 Å². The van der Waals surface area contributed by atoms with Gasteiger partial charge in [0.25, 0.3) is 0 Å². The summed E-state index contributed by atoms with van der Waals surface area (Å²) in [6.07, 6.45) is 0. The SMILES string of the molecule is CN1CCN2CCN(C)C(=O)C2C1.CN1CCN2CCNC(=O)C2C1. The first-order chi connectivity index (χ1) is 12.0. The van der Waals surface area contributed by atoms with Crippen molar-refractivity contribution in [2.24, 2.45) is 0 Å². The summed E-state index contributed by atoms with van der Waals surface area (Å²) in [7, 11) is 6.05. The average molecular weight is 352 g/mol. The third kappa shape index (κ3) is 4.31. The molecule has 0 aromatic heterocycles. The van der Waals surface area contributed by atoms with Gasteiger partial charge in [0.2, 0.25) is 11.8 Å². The zero-order valence-electron chi connectivity index (χ0n) is 15.8. The van der Waals surface area contributed by atoms with E-state index in [0.717, 1.165) is 65.4 Å². The van der Waals surface area contributed by atoms with Gasteiger partial charge in [-0.2, -0.15) is 0 Å². The van der Waals surface area contributed by atoms with Gasteiger partial charge in [-0.1, -0.05) is 0 Å². The van der Waals surface area contributed by atoms with Crippen LogP contribution in [0.25, 0.3) is 0 Å². The van der Waals surface area contributed by atoms with Crippen molar-refractivity contribution in [1.82, 2.24) is 29.8 Å². The van der Waals surface area contributed by atoms with Crippen molar-refractivity contribution in [3.8, 4) is 0 Å². The Morgan fingerprint density at radius 3 is 2.00 bits per heavy atom. The van der Waals surface area contributed by atoms with Gasteiger partial charge >= 0.3 is 0 Å². The summed E-state index contributed by atoms with van der Waals surface area (Å²) in [6, 6.07) is 0.231. The summed E-state index contributed by atoms with van der Waals surface area (Å²) >= 11 is 0. The Labute approximate surface area is 150 Å². The smallest absolute Gasteiger partial charge is 0.241 e. The number of carbonyl (C=O) groups is 2. The summed E-state index contributed by atoms with van der Waals surface area (Å²) in [5.74, 6) is 0.491. The van der Waals surface area contributed by atoms with E-state index in [1.165, 1.54) is 0 Å². The monoisotopic (exact) mass is 352 g/mol. The number of nitrogens with one attached hydrogen (secondary N) is 1. The standard InChI is InChI=1S/C9H17N3O.C8H15N3O/c1-10-3-5-12-6-4-11(2)9(13)8(12)7-10;1-10-4-5-11-3-2-9-8(12)7(11)6-10/h8H,3-7H2,1-2H3;7H,2-6H2,1H3,(H,9,12). The molecule has 0 radical (unpaired) electrons. The van der Waals surface area contributed by atoms with Crippen LogP contribution in [0.1, 0.15) is 0 Å². The third-order valence-corrected chi connectivity index (χ3v) is 5.77. The van der Waals surface area contributed by atoms with Gasteiger partial charge in [0.15, 0.2) is 0 Å². The molecule has 8 nitrogen and oxygen atoms in total. The summed E-state index contributed by atoms with van der Waals surface area (Å²) in [5.41, 5.74) is 0. The number of hydrogen-bond donors (Lipinski definition) is 1. The van der Waals surface area contributed by atoms with E-state index < -0.39 is 0 Å². The number of amides is 2. The van der Waals surface area contributed by atoms with E-state index in [0.29, 0.717) is 0 Å². The molecule has 0 aromatic carbocycles. The zero-order chi connectivity index (χ0) is 18.0. The van der Waals surface area contributed by atoms with E-state index in [2.05, 4.69) is 39.0 Å². The first-order valence-corrected chi connectivity index (χ1v) is 9.33. The quantitative estimate of drug-likeness (QED) is 0.534. The van der Waals surface area contributed by atoms with E-state index in [4.69, 9.17) is 0 Å². The van der Waals surface area contributed by atoms with Gasteiger partial charge in [-0.25, -0.2) is 0 Å². The molecule has 2 atom stereocenters. The van der Waals surface area contributed by atoms with Crippen LogP contribution >= 0.6 is 0 Å². The molecule has 2 amide bonds. The fourth-order valence-corrected chi connectivity index (χ4v) is 4.02. The van der Waals surface area contributed by atoms with Crippen molar-refractivity contribution in [2.45, 2.75) is 12.1 Å². The van der Waals surface area contributed by atoms with Crippen LogP contribution in [0, 0.1) is 0 Å². The molecule has 4 rings (SSSR count). The van der Waals surface area contributed by atoms with Crippen LogP contribution in [0.15, 0.2) is 0 Å². The lowest BCUT2D eigenvalue weighted by molar-refractivity contribution is -0.143. The Kier molecular flexibility index (Phi) is 5.93. The molecule has 4 heterocycles. The van der Waals surface area contributed by atoms with Crippen molar-refractivity contribution in [1.29, 1.82) is 0 Å². The summed E-state index contributed by atoms with van der Waals surface area (Å²) in [6.45, 7) is 9.80. The predicted octanol–water partition coefficient (Wildman–Crippen LogP) is -2.19. The first-order valence-electron chi connectivity index (χ1n) is 9.33. The molecule has 0 aliphatic carbocycles. The Morgan fingerprint density at radius 1 is 0.760 bits per heavy atom. The van der Waals surface area contributed by atoms with Gasteiger partial charge in [-0.15, -0.1) is 0 Å². The molecule has 0 spiro atoms.